The zero-order chi connectivity index (χ0) is 14.3. The number of ether oxygens (including phenoxy) is 1. The Kier molecular flexibility index (Phi) is 6.62. The van der Waals surface area contributed by atoms with Gasteiger partial charge in [0.15, 0.2) is 0 Å². The van der Waals surface area contributed by atoms with Crippen molar-refractivity contribution >= 4 is 12.0 Å². The summed E-state index contributed by atoms with van der Waals surface area (Å²) in [4.78, 5) is 24.8. The molecule has 0 radical (unpaired) electrons. The Morgan fingerprint density at radius 3 is 2.89 bits per heavy atom. The molecule has 0 aliphatic carbocycles. The van der Waals surface area contributed by atoms with Crippen LogP contribution >= 0.6 is 0 Å². The summed E-state index contributed by atoms with van der Waals surface area (Å²) >= 11 is 0. The zero-order valence-corrected chi connectivity index (χ0v) is 11.7. The fourth-order valence-corrected chi connectivity index (χ4v) is 2.08. The fraction of sp³-hybridized carbons (Fsp3) is 0.846. The van der Waals surface area contributed by atoms with Crippen molar-refractivity contribution in [2.75, 3.05) is 19.7 Å². The first-order valence-corrected chi connectivity index (χ1v) is 6.94. The summed E-state index contributed by atoms with van der Waals surface area (Å²) in [5, 5.41) is 11.7. The number of rotatable bonds is 5. The molecule has 1 fully saturated rings. The largest absolute Gasteiger partial charge is 0.480 e. The highest BCUT2D eigenvalue weighted by Crippen LogP contribution is 2.07. The van der Waals surface area contributed by atoms with Crippen LogP contribution in [0.3, 0.4) is 0 Å². The smallest absolute Gasteiger partial charge is 0.326 e. The van der Waals surface area contributed by atoms with Crippen molar-refractivity contribution in [3.63, 3.8) is 0 Å². The first kappa shape index (κ1) is 15.8. The summed E-state index contributed by atoms with van der Waals surface area (Å²) in [6.07, 6.45) is 2.94. The third-order valence-corrected chi connectivity index (χ3v) is 3.18. The van der Waals surface area contributed by atoms with Gasteiger partial charge >= 0.3 is 12.0 Å². The minimum Gasteiger partial charge on any atom is -0.480 e. The number of carboxylic acid groups (broad SMARTS) is 1. The Morgan fingerprint density at radius 1 is 1.53 bits per heavy atom. The zero-order valence-electron chi connectivity index (χ0n) is 11.7. The Hall–Kier alpha value is -1.30. The molecule has 0 bridgehead atoms. The van der Waals surface area contributed by atoms with Gasteiger partial charge in [0.2, 0.25) is 0 Å². The van der Waals surface area contributed by atoms with Crippen LogP contribution in [-0.4, -0.2) is 53.8 Å². The number of nitrogens with zero attached hydrogens (tertiary/aromatic N) is 1. The van der Waals surface area contributed by atoms with Gasteiger partial charge in [-0.15, -0.1) is 0 Å². The minimum absolute atomic E-state index is 0.00725. The van der Waals surface area contributed by atoms with Gasteiger partial charge in [0, 0.05) is 19.7 Å². The molecule has 0 aromatic heterocycles. The molecule has 19 heavy (non-hydrogen) atoms. The molecular formula is C13H24N2O4. The molecule has 0 aromatic rings. The molecular weight excluding hydrogens is 248 g/mol. The second kappa shape index (κ2) is 7.99. The first-order chi connectivity index (χ1) is 9.04. The summed E-state index contributed by atoms with van der Waals surface area (Å²) in [5.74, 6) is -0.971. The van der Waals surface area contributed by atoms with Crippen LogP contribution in [0.1, 0.15) is 39.5 Å². The highest BCUT2D eigenvalue weighted by Gasteiger charge is 2.24. The van der Waals surface area contributed by atoms with E-state index in [1.807, 2.05) is 13.8 Å². The van der Waals surface area contributed by atoms with E-state index in [0.717, 1.165) is 19.3 Å². The Balaban J connectivity index is 2.52. The average molecular weight is 272 g/mol. The minimum atomic E-state index is -0.971. The number of unbranched alkanes of at least 4 members (excludes halogenated alkanes) is 1. The van der Waals surface area contributed by atoms with E-state index in [-0.39, 0.29) is 12.1 Å². The maximum absolute atomic E-state index is 12.1. The van der Waals surface area contributed by atoms with Crippen molar-refractivity contribution < 1.29 is 19.4 Å². The van der Waals surface area contributed by atoms with Crippen LogP contribution in [0.15, 0.2) is 0 Å². The van der Waals surface area contributed by atoms with Crippen LogP contribution in [0, 0.1) is 0 Å². The monoisotopic (exact) mass is 272 g/mol. The lowest BCUT2D eigenvalue weighted by Gasteiger charge is -2.24. The van der Waals surface area contributed by atoms with Gasteiger partial charge in [-0.3, -0.25) is 0 Å². The summed E-state index contributed by atoms with van der Waals surface area (Å²) in [6.45, 7) is 5.66. The van der Waals surface area contributed by atoms with E-state index in [2.05, 4.69) is 5.32 Å². The molecule has 1 aliphatic rings. The van der Waals surface area contributed by atoms with E-state index in [0.29, 0.717) is 26.1 Å². The maximum atomic E-state index is 12.1. The second-order valence-corrected chi connectivity index (χ2v) is 4.96. The molecule has 1 heterocycles. The first-order valence-electron chi connectivity index (χ1n) is 6.94. The highest BCUT2D eigenvalue weighted by molar-refractivity contribution is 5.82. The standard InChI is InChI=1S/C13H24N2O4/c1-3-4-6-11(12(16)17)14-13(18)15-7-5-8-19-10(2)9-15/h10-11H,3-9H2,1-2H3,(H,14,18)(H,16,17). The third kappa shape index (κ3) is 5.46. The molecule has 2 N–H and O–H groups in total. The molecule has 2 unspecified atom stereocenters. The molecule has 0 aromatic carbocycles. The van der Waals surface area contributed by atoms with Crippen molar-refractivity contribution in [2.24, 2.45) is 0 Å². The van der Waals surface area contributed by atoms with Gasteiger partial charge in [0.05, 0.1) is 6.10 Å². The van der Waals surface area contributed by atoms with Crippen molar-refractivity contribution in [3.8, 4) is 0 Å². The summed E-state index contributed by atoms with van der Waals surface area (Å²) in [7, 11) is 0. The van der Waals surface area contributed by atoms with Gasteiger partial charge < -0.3 is 20.1 Å². The van der Waals surface area contributed by atoms with Gasteiger partial charge in [-0.1, -0.05) is 19.8 Å². The summed E-state index contributed by atoms with van der Waals surface area (Å²) < 4.78 is 5.46. The molecule has 0 spiro atoms. The van der Waals surface area contributed by atoms with Gasteiger partial charge in [0.25, 0.3) is 0 Å². The molecule has 6 heteroatoms. The molecule has 1 aliphatic heterocycles. The number of urea groups is 1. The van der Waals surface area contributed by atoms with Gasteiger partial charge in [-0.25, -0.2) is 9.59 Å². The predicted molar refractivity (Wildman–Crippen MR) is 71.1 cm³/mol. The molecule has 2 atom stereocenters. The van der Waals surface area contributed by atoms with E-state index < -0.39 is 12.0 Å². The number of carbonyl (C=O) groups is 2. The SMILES string of the molecule is CCCCC(NC(=O)N1CCCOC(C)C1)C(=O)O. The Labute approximate surface area is 114 Å². The lowest BCUT2D eigenvalue weighted by Crippen LogP contribution is -2.49. The van der Waals surface area contributed by atoms with E-state index in [1.54, 1.807) is 4.90 Å². The number of hydrogen-bond acceptors (Lipinski definition) is 3. The third-order valence-electron chi connectivity index (χ3n) is 3.18. The van der Waals surface area contributed by atoms with Crippen LogP contribution in [0.5, 0.6) is 0 Å². The van der Waals surface area contributed by atoms with Gasteiger partial charge in [0.1, 0.15) is 6.04 Å². The summed E-state index contributed by atoms with van der Waals surface area (Å²) in [5.41, 5.74) is 0. The quantitative estimate of drug-likeness (QED) is 0.794. The van der Waals surface area contributed by atoms with Crippen LogP contribution in [0.2, 0.25) is 0 Å². The highest BCUT2D eigenvalue weighted by atomic mass is 16.5. The molecule has 0 saturated carbocycles. The number of nitrogens with one attached hydrogen (secondary N) is 1. The van der Waals surface area contributed by atoms with Crippen LogP contribution in [0.4, 0.5) is 4.79 Å². The molecule has 2 amide bonds. The van der Waals surface area contributed by atoms with Crippen LogP contribution < -0.4 is 5.32 Å². The van der Waals surface area contributed by atoms with Crippen molar-refractivity contribution in [2.45, 2.75) is 51.7 Å². The van der Waals surface area contributed by atoms with Gasteiger partial charge in [-0.2, -0.15) is 0 Å². The molecule has 1 saturated heterocycles. The molecule has 6 nitrogen and oxygen atoms in total. The average Bonchev–Trinajstić information content (AvgIpc) is 2.58. The lowest BCUT2D eigenvalue weighted by atomic mass is 10.1. The second-order valence-electron chi connectivity index (χ2n) is 4.96. The Bertz CT molecular complexity index is 309. The van der Waals surface area contributed by atoms with Crippen molar-refractivity contribution in [1.29, 1.82) is 0 Å². The maximum Gasteiger partial charge on any atom is 0.326 e. The number of carboxylic acids is 1. The Morgan fingerprint density at radius 2 is 2.26 bits per heavy atom. The van der Waals surface area contributed by atoms with E-state index in [4.69, 9.17) is 9.84 Å². The van der Waals surface area contributed by atoms with Crippen molar-refractivity contribution in [3.05, 3.63) is 0 Å². The normalized spacial score (nSPS) is 21.6. The van der Waals surface area contributed by atoms with E-state index in [9.17, 15) is 9.59 Å². The fourth-order valence-electron chi connectivity index (χ4n) is 2.08. The van der Waals surface area contributed by atoms with Crippen LogP contribution in [0.25, 0.3) is 0 Å². The van der Waals surface area contributed by atoms with Gasteiger partial charge in [-0.05, 0) is 19.8 Å². The van der Waals surface area contributed by atoms with Crippen LogP contribution in [-0.2, 0) is 9.53 Å². The summed E-state index contributed by atoms with van der Waals surface area (Å²) in [6, 6.07) is -1.10. The number of aliphatic carboxylic acids is 1. The van der Waals surface area contributed by atoms with Crippen molar-refractivity contribution in [1.82, 2.24) is 10.2 Å². The topological polar surface area (TPSA) is 78.9 Å². The number of carbonyl (C=O) groups excluding carboxylic acids is 1. The predicted octanol–water partition coefficient (Wildman–Crippen LogP) is 1.45. The molecule has 110 valence electrons. The number of amides is 2. The lowest BCUT2D eigenvalue weighted by molar-refractivity contribution is -0.139. The van der Waals surface area contributed by atoms with E-state index >= 15 is 0 Å². The van der Waals surface area contributed by atoms with E-state index in [1.165, 1.54) is 0 Å². The molecule has 1 rings (SSSR count). The number of hydrogen-bond donors (Lipinski definition) is 2.